The van der Waals surface area contributed by atoms with Gasteiger partial charge in [-0.3, -0.25) is 19.2 Å². The molecule has 0 saturated carbocycles. The van der Waals surface area contributed by atoms with Crippen molar-refractivity contribution in [3.8, 4) is 0 Å². The SMILES string of the molecule is CC(C)CC(C(=O)Nc1ccn(C)n1)N1C(=O)Cc2c(Cl)cccc21. The highest BCUT2D eigenvalue weighted by Crippen LogP contribution is 2.36. The largest absolute Gasteiger partial charge is 0.307 e. The molecule has 2 amide bonds. The fourth-order valence-electron chi connectivity index (χ4n) is 3.13. The van der Waals surface area contributed by atoms with Crippen LogP contribution in [0.2, 0.25) is 5.02 Å². The van der Waals surface area contributed by atoms with Crippen LogP contribution in [0.25, 0.3) is 0 Å². The first-order valence-corrected chi connectivity index (χ1v) is 8.64. The molecule has 6 nitrogen and oxygen atoms in total. The maximum Gasteiger partial charge on any atom is 0.248 e. The monoisotopic (exact) mass is 360 g/mol. The minimum atomic E-state index is -0.603. The molecule has 132 valence electrons. The normalized spacial score (nSPS) is 14.8. The zero-order valence-electron chi connectivity index (χ0n) is 14.5. The molecule has 1 N–H and O–H groups in total. The average Bonchev–Trinajstić information content (AvgIpc) is 3.08. The standard InChI is InChI=1S/C18H21ClN4O2/c1-11(2)9-15(18(25)20-16-7-8-22(3)21-16)23-14-6-4-5-13(19)12(14)10-17(23)24/h4-8,11,15H,9-10H2,1-3H3,(H,20,21,25). The van der Waals surface area contributed by atoms with Crippen LogP contribution < -0.4 is 10.2 Å². The van der Waals surface area contributed by atoms with Gasteiger partial charge in [0.2, 0.25) is 11.8 Å². The Morgan fingerprint density at radius 1 is 1.36 bits per heavy atom. The van der Waals surface area contributed by atoms with E-state index in [9.17, 15) is 9.59 Å². The molecule has 2 heterocycles. The van der Waals surface area contributed by atoms with E-state index in [0.29, 0.717) is 17.3 Å². The van der Waals surface area contributed by atoms with Gasteiger partial charge in [0, 0.05) is 35.6 Å². The maximum atomic E-state index is 12.9. The smallest absolute Gasteiger partial charge is 0.248 e. The summed E-state index contributed by atoms with van der Waals surface area (Å²) in [5, 5.41) is 7.55. The topological polar surface area (TPSA) is 67.2 Å². The molecule has 0 spiro atoms. The molecule has 0 aliphatic carbocycles. The van der Waals surface area contributed by atoms with Gasteiger partial charge in [0.25, 0.3) is 0 Å². The molecule has 1 aliphatic rings. The van der Waals surface area contributed by atoms with Crippen molar-refractivity contribution in [1.29, 1.82) is 0 Å². The van der Waals surface area contributed by atoms with Crippen molar-refractivity contribution in [2.24, 2.45) is 13.0 Å². The lowest BCUT2D eigenvalue weighted by molar-refractivity contribution is -0.123. The molecule has 1 atom stereocenters. The highest BCUT2D eigenvalue weighted by molar-refractivity contribution is 6.32. The molecule has 0 saturated heterocycles. The first-order chi connectivity index (χ1) is 11.9. The van der Waals surface area contributed by atoms with Gasteiger partial charge in [0.05, 0.1) is 6.42 Å². The minimum Gasteiger partial charge on any atom is -0.307 e. The van der Waals surface area contributed by atoms with Crippen molar-refractivity contribution in [2.45, 2.75) is 32.7 Å². The lowest BCUT2D eigenvalue weighted by atomic mass is 10.0. The Balaban J connectivity index is 1.92. The van der Waals surface area contributed by atoms with Crippen LogP contribution in [0.15, 0.2) is 30.5 Å². The van der Waals surface area contributed by atoms with E-state index in [0.717, 1.165) is 11.3 Å². The van der Waals surface area contributed by atoms with Crippen LogP contribution in [-0.2, 0) is 23.1 Å². The van der Waals surface area contributed by atoms with E-state index in [1.54, 1.807) is 41.0 Å². The molecule has 0 radical (unpaired) electrons. The summed E-state index contributed by atoms with van der Waals surface area (Å²) < 4.78 is 1.61. The number of hydrogen-bond donors (Lipinski definition) is 1. The Morgan fingerprint density at radius 3 is 2.76 bits per heavy atom. The van der Waals surface area contributed by atoms with Crippen molar-refractivity contribution < 1.29 is 9.59 Å². The summed E-state index contributed by atoms with van der Waals surface area (Å²) in [5.74, 6) is 0.369. The number of aromatic nitrogens is 2. The molecule has 7 heteroatoms. The number of nitrogens with one attached hydrogen (secondary N) is 1. The summed E-state index contributed by atoms with van der Waals surface area (Å²) in [5.41, 5.74) is 1.51. The zero-order valence-corrected chi connectivity index (χ0v) is 15.2. The summed E-state index contributed by atoms with van der Waals surface area (Å²) in [6.07, 6.45) is 2.53. The number of halogens is 1. The molecule has 0 fully saturated rings. The number of hydrogen-bond acceptors (Lipinski definition) is 3. The van der Waals surface area contributed by atoms with E-state index in [2.05, 4.69) is 10.4 Å². The molecule has 1 unspecified atom stereocenters. The molecule has 2 aromatic rings. The maximum absolute atomic E-state index is 12.9. The van der Waals surface area contributed by atoms with Gasteiger partial charge in [0.1, 0.15) is 6.04 Å². The van der Waals surface area contributed by atoms with Crippen molar-refractivity contribution >= 4 is 34.9 Å². The molecular weight excluding hydrogens is 340 g/mol. The number of amides is 2. The van der Waals surface area contributed by atoms with Crippen LogP contribution in [-0.4, -0.2) is 27.6 Å². The molecule has 1 aromatic carbocycles. The lowest BCUT2D eigenvalue weighted by Gasteiger charge is -2.28. The number of rotatable bonds is 5. The Hall–Kier alpha value is -2.34. The number of aryl methyl sites for hydroxylation is 1. The van der Waals surface area contributed by atoms with Crippen LogP contribution in [0.4, 0.5) is 11.5 Å². The van der Waals surface area contributed by atoms with Crippen LogP contribution >= 0.6 is 11.6 Å². The summed E-state index contributed by atoms with van der Waals surface area (Å²) in [6, 6.07) is 6.53. The van der Waals surface area contributed by atoms with Gasteiger partial charge in [-0.15, -0.1) is 0 Å². The number of anilines is 2. The van der Waals surface area contributed by atoms with Crippen LogP contribution in [0, 0.1) is 5.92 Å². The zero-order chi connectivity index (χ0) is 18.1. The Morgan fingerprint density at radius 2 is 2.12 bits per heavy atom. The van der Waals surface area contributed by atoms with Gasteiger partial charge in [-0.1, -0.05) is 31.5 Å². The van der Waals surface area contributed by atoms with Gasteiger partial charge in [-0.05, 0) is 24.5 Å². The van der Waals surface area contributed by atoms with Gasteiger partial charge < -0.3 is 5.32 Å². The fourth-order valence-corrected chi connectivity index (χ4v) is 3.36. The van der Waals surface area contributed by atoms with Gasteiger partial charge in [-0.25, -0.2) is 0 Å². The van der Waals surface area contributed by atoms with Crippen LogP contribution in [0.1, 0.15) is 25.8 Å². The number of benzene rings is 1. The predicted octanol–water partition coefficient (Wildman–Crippen LogP) is 3.02. The summed E-state index contributed by atoms with van der Waals surface area (Å²) in [4.78, 5) is 27.1. The molecule has 1 aliphatic heterocycles. The Labute approximate surface area is 151 Å². The van der Waals surface area contributed by atoms with E-state index in [1.807, 2.05) is 19.9 Å². The minimum absolute atomic E-state index is 0.107. The van der Waals surface area contributed by atoms with Crippen LogP contribution in [0.5, 0.6) is 0 Å². The fraction of sp³-hybridized carbons (Fsp3) is 0.389. The van der Waals surface area contributed by atoms with Gasteiger partial charge in [0.15, 0.2) is 5.82 Å². The third-order valence-electron chi connectivity index (χ3n) is 4.22. The number of carbonyl (C=O) groups is 2. The van der Waals surface area contributed by atoms with E-state index in [1.165, 1.54) is 0 Å². The van der Waals surface area contributed by atoms with E-state index in [4.69, 9.17) is 11.6 Å². The van der Waals surface area contributed by atoms with E-state index in [-0.39, 0.29) is 24.2 Å². The predicted molar refractivity (Wildman–Crippen MR) is 97.7 cm³/mol. The lowest BCUT2D eigenvalue weighted by Crippen LogP contribution is -2.46. The first-order valence-electron chi connectivity index (χ1n) is 8.26. The number of carbonyl (C=O) groups excluding carboxylic acids is 2. The number of nitrogens with zero attached hydrogens (tertiary/aromatic N) is 3. The second-order valence-electron chi connectivity index (χ2n) is 6.69. The van der Waals surface area contributed by atoms with Crippen molar-refractivity contribution in [2.75, 3.05) is 10.2 Å². The van der Waals surface area contributed by atoms with Crippen molar-refractivity contribution in [3.63, 3.8) is 0 Å². The molecule has 3 rings (SSSR count). The molecular formula is C18H21ClN4O2. The first kappa shape index (κ1) is 17.5. The van der Waals surface area contributed by atoms with Crippen LogP contribution in [0.3, 0.4) is 0 Å². The number of fused-ring (bicyclic) bond motifs is 1. The summed E-state index contributed by atoms with van der Waals surface area (Å²) >= 11 is 6.23. The average molecular weight is 361 g/mol. The Bertz CT molecular complexity index is 815. The second-order valence-corrected chi connectivity index (χ2v) is 7.09. The third-order valence-corrected chi connectivity index (χ3v) is 4.58. The van der Waals surface area contributed by atoms with Gasteiger partial charge in [-0.2, -0.15) is 5.10 Å². The van der Waals surface area contributed by atoms with E-state index >= 15 is 0 Å². The Kier molecular flexibility index (Phi) is 4.81. The molecule has 25 heavy (non-hydrogen) atoms. The quantitative estimate of drug-likeness (QED) is 0.891. The molecule has 1 aromatic heterocycles. The highest BCUT2D eigenvalue weighted by Gasteiger charge is 2.38. The highest BCUT2D eigenvalue weighted by atomic mass is 35.5. The van der Waals surface area contributed by atoms with E-state index < -0.39 is 6.04 Å². The van der Waals surface area contributed by atoms with Crippen molar-refractivity contribution in [1.82, 2.24) is 9.78 Å². The molecule has 0 bridgehead atoms. The summed E-state index contributed by atoms with van der Waals surface area (Å²) in [6.45, 7) is 4.06. The van der Waals surface area contributed by atoms with Crippen molar-refractivity contribution in [3.05, 3.63) is 41.0 Å². The van der Waals surface area contributed by atoms with Gasteiger partial charge >= 0.3 is 0 Å². The summed E-state index contributed by atoms with van der Waals surface area (Å²) in [7, 11) is 1.78. The third kappa shape index (κ3) is 3.54. The second kappa shape index (κ2) is 6.88.